The minimum Gasteiger partial charge on any atom is -0.336 e. The fraction of sp³-hybridized carbons (Fsp3) is 0.462. The number of aromatic nitrogens is 3. The van der Waals surface area contributed by atoms with Crippen LogP contribution in [0.4, 0.5) is 0 Å². The minimum atomic E-state index is -0.532. The fourth-order valence-corrected chi connectivity index (χ4v) is 3.52. The Balaban J connectivity index is 1.82. The van der Waals surface area contributed by atoms with E-state index in [1.165, 1.54) is 21.4 Å². The molecule has 0 N–H and O–H groups in total. The van der Waals surface area contributed by atoms with Crippen LogP contribution >= 0.6 is 11.3 Å². The summed E-state index contributed by atoms with van der Waals surface area (Å²) in [6, 6.07) is 1.54. The van der Waals surface area contributed by atoms with Crippen molar-refractivity contribution in [3.8, 4) is 0 Å². The maximum absolute atomic E-state index is 12.6. The molecule has 6 nitrogen and oxygen atoms in total. The third kappa shape index (κ3) is 2.07. The van der Waals surface area contributed by atoms with Crippen LogP contribution in [0.2, 0.25) is 0 Å². The summed E-state index contributed by atoms with van der Waals surface area (Å²) in [6.07, 6.45) is 2.32. The Morgan fingerprint density at radius 3 is 3.00 bits per heavy atom. The predicted octanol–water partition coefficient (Wildman–Crippen LogP) is 0.789. The molecule has 20 heavy (non-hydrogen) atoms. The first-order chi connectivity index (χ1) is 9.58. The minimum absolute atomic E-state index is 0.0347. The summed E-state index contributed by atoms with van der Waals surface area (Å²) in [5, 5.41) is 2.06. The van der Waals surface area contributed by atoms with Crippen LogP contribution in [-0.2, 0) is 24.8 Å². The molecular formula is C13H16N4O2S. The number of amides is 1. The van der Waals surface area contributed by atoms with E-state index >= 15 is 0 Å². The highest BCUT2D eigenvalue weighted by atomic mass is 32.1. The highest BCUT2D eigenvalue weighted by molar-refractivity contribution is 7.10. The van der Waals surface area contributed by atoms with Crippen LogP contribution in [0.15, 0.2) is 22.6 Å². The molecule has 3 rings (SSSR count). The van der Waals surface area contributed by atoms with Gasteiger partial charge in [-0.2, -0.15) is 4.98 Å². The molecule has 2 aromatic heterocycles. The van der Waals surface area contributed by atoms with Crippen molar-refractivity contribution in [1.29, 1.82) is 0 Å². The van der Waals surface area contributed by atoms with Gasteiger partial charge in [-0.25, -0.2) is 9.48 Å². The molecule has 0 radical (unpaired) electrons. The van der Waals surface area contributed by atoms with Gasteiger partial charge in [0.15, 0.2) is 0 Å². The molecule has 0 spiro atoms. The van der Waals surface area contributed by atoms with Gasteiger partial charge in [0.2, 0.25) is 5.91 Å². The number of fused-ring (bicyclic) bond motifs is 1. The highest BCUT2D eigenvalue weighted by Crippen LogP contribution is 2.25. The molecule has 1 atom stereocenters. The number of thiophene rings is 1. The lowest BCUT2D eigenvalue weighted by molar-refractivity contribution is -0.135. The van der Waals surface area contributed by atoms with Gasteiger partial charge in [0.1, 0.15) is 12.4 Å². The Labute approximate surface area is 120 Å². The molecule has 0 aliphatic carbocycles. The molecule has 1 aliphatic rings. The maximum Gasteiger partial charge on any atom is 0.364 e. The first-order valence-corrected chi connectivity index (χ1v) is 7.40. The largest absolute Gasteiger partial charge is 0.364 e. The zero-order valence-corrected chi connectivity index (χ0v) is 12.3. The molecule has 0 aromatic carbocycles. The smallest absolute Gasteiger partial charge is 0.336 e. The zero-order chi connectivity index (χ0) is 14.3. The summed E-state index contributed by atoms with van der Waals surface area (Å²) in [6.45, 7) is 3.09. The van der Waals surface area contributed by atoms with Gasteiger partial charge in [-0.3, -0.25) is 9.48 Å². The van der Waals surface area contributed by atoms with E-state index in [0.717, 1.165) is 6.42 Å². The molecule has 106 valence electrons. The molecule has 0 saturated heterocycles. The second-order valence-electron chi connectivity index (χ2n) is 5.00. The van der Waals surface area contributed by atoms with Crippen LogP contribution in [-0.4, -0.2) is 31.7 Å². The van der Waals surface area contributed by atoms with E-state index in [4.69, 9.17) is 0 Å². The molecule has 1 amide bonds. The van der Waals surface area contributed by atoms with Crippen molar-refractivity contribution in [2.24, 2.45) is 7.05 Å². The molecule has 3 heterocycles. The van der Waals surface area contributed by atoms with Crippen molar-refractivity contribution in [2.75, 3.05) is 6.54 Å². The lowest BCUT2D eigenvalue weighted by atomic mass is 10.1. The van der Waals surface area contributed by atoms with Gasteiger partial charge < -0.3 is 4.90 Å². The molecule has 0 saturated carbocycles. The molecule has 2 aromatic rings. The van der Waals surface area contributed by atoms with E-state index in [1.807, 2.05) is 4.90 Å². The standard InChI is InChI=1S/C13H16N4O2S/c1-9(17-13(19)14-8-15(17)2)12(18)16-5-3-11-10(7-16)4-6-20-11/h4,6,8-9H,3,5,7H2,1-2H3. The Morgan fingerprint density at radius 1 is 1.50 bits per heavy atom. The van der Waals surface area contributed by atoms with E-state index in [-0.39, 0.29) is 11.6 Å². The molecule has 0 bridgehead atoms. The van der Waals surface area contributed by atoms with Gasteiger partial charge in [0.25, 0.3) is 0 Å². The number of carbonyl (C=O) groups is 1. The van der Waals surface area contributed by atoms with Gasteiger partial charge >= 0.3 is 5.69 Å². The quantitative estimate of drug-likeness (QED) is 0.822. The van der Waals surface area contributed by atoms with Gasteiger partial charge in [-0.1, -0.05) is 0 Å². The first kappa shape index (κ1) is 13.1. The van der Waals surface area contributed by atoms with Gasteiger partial charge in [0, 0.05) is 25.0 Å². The fourth-order valence-electron chi connectivity index (χ4n) is 2.63. The SMILES string of the molecule is CC(C(=O)N1CCc2sccc2C1)n1c(=O)ncn1C. The number of nitrogens with zero attached hydrogens (tertiary/aromatic N) is 4. The summed E-state index contributed by atoms with van der Waals surface area (Å²) >= 11 is 1.74. The lowest BCUT2D eigenvalue weighted by Crippen LogP contribution is -2.42. The van der Waals surface area contributed by atoms with E-state index in [0.29, 0.717) is 13.1 Å². The van der Waals surface area contributed by atoms with E-state index < -0.39 is 6.04 Å². The van der Waals surface area contributed by atoms with Crippen molar-refractivity contribution in [1.82, 2.24) is 19.2 Å². The average molecular weight is 292 g/mol. The van der Waals surface area contributed by atoms with Crippen LogP contribution in [0.1, 0.15) is 23.4 Å². The second-order valence-corrected chi connectivity index (χ2v) is 6.00. The summed E-state index contributed by atoms with van der Waals surface area (Å²) in [4.78, 5) is 31.1. The molecule has 7 heteroatoms. The summed E-state index contributed by atoms with van der Waals surface area (Å²) < 4.78 is 2.94. The Bertz CT molecular complexity index is 699. The summed E-state index contributed by atoms with van der Waals surface area (Å²) in [5.41, 5.74) is 0.834. The maximum atomic E-state index is 12.6. The summed E-state index contributed by atoms with van der Waals surface area (Å²) in [5.74, 6) is -0.0347. The van der Waals surface area contributed by atoms with Crippen LogP contribution in [0.3, 0.4) is 0 Å². The third-order valence-electron chi connectivity index (χ3n) is 3.71. The van der Waals surface area contributed by atoms with E-state index in [9.17, 15) is 9.59 Å². The van der Waals surface area contributed by atoms with Crippen LogP contribution in [0.5, 0.6) is 0 Å². The Hall–Kier alpha value is -1.89. The van der Waals surface area contributed by atoms with Crippen LogP contribution in [0, 0.1) is 0 Å². The number of carbonyl (C=O) groups excluding carboxylic acids is 1. The van der Waals surface area contributed by atoms with Gasteiger partial charge in [-0.15, -0.1) is 11.3 Å². The Kier molecular flexibility index (Phi) is 3.21. The third-order valence-corrected chi connectivity index (χ3v) is 4.74. The van der Waals surface area contributed by atoms with Crippen molar-refractivity contribution < 1.29 is 4.79 Å². The highest BCUT2D eigenvalue weighted by Gasteiger charge is 2.27. The van der Waals surface area contributed by atoms with Gasteiger partial charge in [-0.05, 0) is 30.4 Å². The van der Waals surface area contributed by atoms with Crippen molar-refractivity contribution in [2.45, 2.75) is 25.9 Å². The number of aryl methyl sites for hydroxylation is 1. The number of hydrogen-bond donors (Lipinski definition) is 0. The second kappa shape index (κ2) is 4.90. The Morgan fingerprint density at radius 2 is 2.30 bits per heavy atom. The monoisotopic (exact) mass is 292 g/mol. The van der Waals surface area contributed by atoms with Crippen molar-refractivity contribution >= 4 is 17.2 Å². The topological polar surface area (TPSA) is 60.1 Å². The predicted molar refractivity (Wildman–Crippen MR) is 75.6 cm³/mol. The molecule has 1 aliphatic heterocycles. The molecule has 1 unspecified atom stereocenters. The van der Waals surface area contributed by atoms with Gasteiger partial charge in [0.05, 0.1) is 0 Å². The molecular weight excluding hydrogens is 276 g/mol. The van der Waals surface area contributed by atoms with Crippen LogP contribution < -0.4 is 5.69 Å². The van der Waals surface area contributed by atoms with Crippen molar-refractivity contribution in [3.05, 3.63) is 38.7 Å². The van der Waals surface area contributed by atoms with E-state index in [2.05, 4.69) is 16.4 Å². The lowest BCUT2D eigenvalue weighted by Gasteiger charge is -2.29. The zero-order valence-electron chi connectivity index (χ0n) is 11.4. The van der Waals surface area contributed by atoms with Crippen LogP contribution in [0.25, 0.3) is 0 Å². The summed E-state index contributed by atoms with van der Waals surface area (Å²) in [7, 11) is 1.71. The van der Waals surface area contributed by atoms with E-state index in [1.54, 1.807) is 30.0 Å². The normalized spacial score (nSPS) is 16.0. The number of hydrogen-bond acceptors (Lipinski definition) is 4. The molecule has 0 fully saturated rings. The average Bonchev–Trinajstić information content (AvgIpc) is 3.03. The number of rotatable bonds is 2. The van der Waals surface area contributed by atoms with Crippen molar-refractivity contribution in [3.63, 3.8) is 0 Å². The first-order valence-electron chi connectivity index (χ1n) is 6.52.